The standard InChI is InChI=1S/C38H30/c1-5-17-33(18-6-1)37(34-19-7-2-8-20-34)25-13-15-31-27-29-32(30-28-31)16-14-26-38(35-21-9-3-10-22-35)36-23-11-4-12-24-36/h1-30H/b15-13+,16-14+. The molecule has 0 bridgehead atoms. The van der Waals surface area contributed by atoms with Crippen molar-refractivity contribution in [3.8, 4) is 0 Å². The van der Waals surface area contributed by atoms with Gasteiger partial charge in [-0.15, -0.1) is 0 Å². The molecular weight excluding hydrogens is 456 g/mol. The van der Waals surface area contributed by atoms with E-state index < -0.39 is 0 Å². The number of benzene rings is 5. The summed E-state index contributed by atoms with van der Waals surface area (Å²) in [5.74, 6) is 0. The number of hydrogen-bond acceptors (Lipinski definition) is 0. The van der Waals surface area contributed by atoms with Crippen molar-refractivity contribution in [2.75, 3.05) is 0 Å². The van der Waals surface area contributed by atoms with Gasteiger partial charge in [-0.05, 0) is 44.5 Å². The molecule has 0 unspecified atom stereocenters. The monoisotopic (exact) mass is 486 g/mol. The molecule has 5 rings (SSSR count). The van der Waals surface area contributed by atoms with Gasteiger partial charge in [-0.3, -0.25) is 0 Å². The summed E-state index contributed by atoms with van der Waals surface area (Å²) >= 11 is 0. The molecule has 0 aliphatic carbocycles. The molecule has 0 fully saturated rings. The maximum Gasteiger partial charge on any atom is -0.0111 e. The van der Waals surface area contributed by atoms with Crippen molar-refractivity contribution in [2.24, 2.45) is 0 Å². The van der Waals surface area contributed by atoms with Gasteiger partial charge in [0.2, 0.25) is 0 Å². The summed E-state index contributed by atoms with van der Waals surface area (Å²) in [7, 11) is 0. The summed E-state index contributed by atoms with van der Waals surface area (Å²) in [5.41, 5.74) is 9.60. The Kier molecular flexibility index (Phi) is 8.37. The quantitative estimate of drug-likeness (QED) is 0.191. The first-order chi connectivity index (χ1) is 18.9. The maximum absolute atomic E-state index is 2.19. The summed E-state index contributed by atoms with van der Waals surface area (Å²) < 4.78 is 0. The van der Waals surface area contributed by atoms with Crippen molar-refractivity contribution < 1.29 is 0 Å². The fourth-order valence-electron chi connectivity index (χ4n) is 4.42. The molecule has 0 heterocycles. The Morgan fingerprint density at radius 2 is 0.579 bits per heavy atom. The average Bonchev–Trinajstić information content (AvgIpc) is 3.00. The van der Waals surface area contributed by atoms with E-state index in [0.29, 0.717) is 0 Å². The van der Waals surface area contributed by atoms with E-state index in [1.54, 1.807) is 0 Å². The SMILES string of the molecule is C(/C=C/c1ccc(/C=C/C=C(c2ccccc2)c2ccccc2)cc1)=C(c1ccccc1)c1ccccc1. The third-order valence-corrected chi connectivity index (χ3v) is 6.38. The lowest BCUT2D eigenvalue weighted by molar-refractivity contribution is 1.54. The molecule has 38 heavy (non-hydrogen) atoms. The molecule has 182 valence electrons. The smallest absolute Gasteiger partial charge is 0.0111 e. The number of rotatable bonds is 8. The molecule has 0 spiro atoms. The summed E-state index contributed by atoms with van der Waals surface area (Å²) in [5, 5.41) is 0. The minimum atomic E-state index is 1.17. The molecule has 0 nitrogen and oxygen atoms in total. The van der Waals surface area contributed by atoms with Crippen LogP contribution in [0.1, 0.15) is 33.4 Å². The lowest BCUT2D eigenvalue weighted by Crippen LogP contribution is -1.86. The fourth-order valence-corrected chi connectivity index (χ4v) is 4.42. The normalized spacial score (nSPS) is 10.9. The van der Waals surface area contributed by atoms with Gasteiger partial charge < -0.3 is 0 Å². The summed E-state index contributed by atoms with van der Waals surface area (Å²) in [6.45, 7) is 0. The van der Waals surface area contributed by atoms with E-state index in [1.165, 1.54) is 44.5 Å². The highest BCUT2D eigenvalue weighted by Crippen LogP contribution is 2.25. The van der Waals surface area contributed by atoms with Crippen LogP contribution in [-0.4, -0.2) is 0 Å². The van der Waals surface area contributed by atoms with Crippen molar-refractivity contribution in [3.63, 3.8) is 0 Å². The lowest BCUT2D eigenvalue weighted by Gasteiger charge is -2.07. The molecule has 0 radical (unpaired) electrons. The summed E-state index contributed by atoms with van der Waals surface area (Å²) in [6, 6.07) is 50.8. The van der Waals surface area contributed by atoms with E-state index in [9.17, 15) is 0 Å². The summed E-state index contributed by atoms with van der Waals surface area (Å²) in [6.07, 6.45) is 13.0. The average molecular weight is 487 g/mol. The van der Waals surface area contributed by atoms with Crippen LogP contribution in [0, 0.1) is 0 Å². The van der Waals surface area contributed by atoms with Gasteiger partial charge in [-0.2, -0.15) is 0 Å². The second-order valence-corrected chi connectivity index (χ2v) is 9.01. The van der Waals surface area contributed by atoms with Crippen molar-refractivity contribution in [2.45, 2.75) is 0 Å². The minimum Gasteiger partial charge on any atom is -0.0622 e. The zero-order chi connectivity index (χ0) is 25.8. The van der Waals surface area contributed by atoms with Crippen LogP contribution in [-0.2, 0) is 0 Å². The second kappa shape index (κ2) is 12.9. The van der Waals surface area contributed by atoms with Gasteiger partial charge in [0.1, 0.15) is 0 Å². The van der Waals surface area contributed by atoms with Crippen LogP contribution in [0.4, 0.5) is 0 Å². The molecule has 0 aromatic heterocycles. The van der Waals surface area contributed by atoms with Crippen LogP contribution in [0.3, 0.4) is 0 Å². The Bertz CT molecular complexity index is 1330. The first-order valence-corrected chi connectivity index (χ1v) is 13.0. The zero-order valence-corrected chi connectivity index (χ0v) is 21.3. The molecule has 0 aliphatic rings. The van der Waals surface area contributed by atoms with Gasteiger partial charge in [0, 0.05) is 0 Å². The van der Waals surface area contributed by atoms with Gasteiger partial charge >= 0.3 is 0 Å². The third-order valence-electron chi connectivity index (χ3n) is 6.38. The third kappa shape index (κ3) is 6.63. The minimum absolute atomic E-state index is 1.17. The van der Waals surface area contributed by atoms with E-state index >= 15 is 0 Å². The van der Waals surface area contributed by atoms with Gasteiger partial charge in [0.05, 0.1) is 0 Å². The fraction of sp³-hybridized carbons (Fsp3) is 0. The topological polar surface area (TPSA) is 0 Å². The van der Waals surface area contributed by atoms with E-state index in [2.05, 4.69) is 182 Å². The highest BCUT2D eigenvalue weighted by Gasteiger charge is 2.04. The van der Waals surface area contributed by atoms with Crippen molar-refractivity contribution in [1.82, 2.24) is 0 Å². The number of hydrogen-bond donors (Lipinski definition) is 0. The van der Waals surface area contributed by atoms with Gasteiger partial charge in [0.15, 0.2) is 0 Å². The molecule has 5 aromatic carbocycles. The molecule has 0 aliphatic heterocycles. The highest BCUT2D eigenvalue weighted by atomic mass is 14.1. The van der Waals surface area contributed by atoms with Crippen LogP contribution in [0.25, 0.3) is 23.3 Å². The Hall–Kier alpha value is -4.94. The largest absolute Gasteiger partial charge is 0.0622 e. The first kappa shape index (κ1) is 24.7. The predicted molar refractivity (Wildman–Crippen MR) is 164 cm³/mol. The molecular formula is C38H30. The highest BCUT2D eigenvalue weighted by molar-refractivity contribution is 5.82. The molecule has 0 saturated heterocycles. The van der Waals surface area contributed by atoms with Gasteiger partial charge in [0.25, 0.3) is 0 Å². The van der Waals surface area contributed by atoms with Crippen LogP contribution < -0.4 is 0 Å². The second-order valence-electron chi connectivity index (χ2n) is 9.01. The molecule has 0 heteroatoms. The zero-order valence-electron chi connectivity index (χ0n) is 21.3. The molecule has 0 N–H and O–H groups in total. The van der Waals surface area contributed by atoms with E-state index in [4.69, 9.17) is 0 Å². The Morgan fingerprint density at radius 3 is 0.842 bits per heavy atom. The lowest BCUT2D eigenvalue weighted by atomic mass is 9.97. The number of allylic oxidation sites excluding steroid dienone is 4. The van der Waals surface area contributed by atoms with Crippen LogP contribution in [0.5, 0.6) is 0 Å². The van der Waals surface area contributed by atoms with Crippen molar-refractivity contribution in [1.29, 1.82) is 0 Å². The van der Waals surface area contributed by atoms with E-state index in [-0.39, 0.29) is 0 Å². The van der Waals surface area contributed by atoms with Crippen LogP contribution >= 0.6 is 0 Å². The predicted octanol–water partition coefficient (Wildman–Crippen LogP) is 9.98. The van der Waals surface area contributed by atoms with E-state index in [1.807, 2.05) is 0 Å². The molecule has 5 aromatic rings. The van der Waals surface area contributed by atoms with Crippen LogP contribution in [0.15, 0.2) is 170 Å². The Morgan fingerprint density at radius 1 is 0.316 bits per heavy atom. The Balaban J connectivity index is 1.33. The molecule has 0 saturated carbocycles. The summed E-state index contributed by atoms with van der Waals surface area (Å²) in [4.78, 5) is 0. The van der Waals surface area contributed by atoms with Crippen LogP contribution in [0.2, 0.25) is 0 Å². The van der Waals surface area contributed by atoms with E-state index in [0.717, 1.165) is 0 Å². The van der Waals surface area contributed by atoms with Crippen molar-refractivity contribution >= 4 is 23.3 Å². The maximum atomic E-state index is 2.19. The van der Waals surface area contributed by atoms with Gasteiger partial charge in [-0.25, -0.2) is 0 Å². The molecule has 0 amide bonds. The molecule has 0 atom stereocenters. The van der Waals surface area contributed by atoms with Gasteiger partial charge in [-0.1, -0.05) is 182 Å². The first-order valence-electron chi connectivity index (χ1n) is 13.0. The van der Waals surface area contributed by atoms with Crippen molar-refractivity contribution in [3.05, 3.63) is 203 Å². The Labute approximate surface area is 226 Å².